The summed E-state index contributed by atoms with van der Waals surface area (Å²) in [4.78, 5) is 6.15. The SMILES string of the molecule is COCCN(c1nc(CO)co1)C(C)C. The molecule has 1 heterocycles. The molecule has 0 aromatic carbocycles. The highest BCUT2D eigenvalue weighted by Gasteiger charge is 2.15. The molecule has 86 valence electrons. The topological polar surface area (TPSA) is 58.7 Å². The number of nitrogens with zero attached hydrogens (tertiary/aromatic N) is 2. The Hall–Kier alpha value is -1.07. The Labute approximate surface area is 89.7 Å². The van der Waals surface area contributed by atoms with Gasteiger partial charge in [0.25, 0.3) is 6.01 Å². The van der Waals surface area contributed by atoms with Crippen LogP contribution >= 0.6 is 0 Å². The Balaban J connectivity index is 2.70. The molecule has 1 aromatic rings. The van der Waals surface area contributed by atoms with Gasteiger partial charge in [-0.2, -0.15) is 4.98 Å². The van der Waals surface area contributed by atoms with Crippen molar-refractivity contribution in [2.75, 3.05) is 25.2 Å². The molecule has 0 bridgehead atoms. The van der Waals surface area contributed by atoms with Crippen molar-refractivity contribution in [1.82, 2.24) is 4.98 Å². The summed E-state index contributed by atoms with van der Waals surface area (Å²) in [5, 5.41) is 8.88. The molecule has 0 amide bonds. The van der Waals surface area contributed by atoms with Crippen LogP contribution in [0.4, 0.5) is 6.01 Å². The summed E-state index contributed by atoms with van der Waals surface area (Å²) in [5.41, 5.74) is 0.549. The van der Waals surface area contributed by atoms with E-state index in [0.717, 1.165) is 6.54 Å². The van der Waals surface area contributed by atoms with Crippen molar-refractivity contribution in [2.45, 2.75) is 26.5 Å². The molecule has 0 saturated carbocycles. The number of aliphatic hydroxyl groups excluding tert-OH is 1. The van der Waals surface area contributed by atoms with Crippen LogP contribution in [0.5, 0.6) is 0 Å². The first-order valence-corrected chi connectivity index (χ1v) is 5.00. The van der Waals surface area contributed by atoms with Gasteiger partial charge in [-0.1, -0.05) is 0 Å². The van der Waals surface area contributed by atoms with Crippen LogP contribution in [0.15, 0.2) is 10.7 Å². The lowest BCUT2D eigenvalue weighted by molar-refractivity contribution is 0.202. The second-order valence-electron chi connectivity index (χ2n) is 3.56. The molecule has 1 aromatic heterocycles. The fourth-order valence-corrected chi connectivity index (χ4v) is 1.27. The predicted octanol–water partition coefficient (Wildman–Crippen LogP) is 1.03. The maximum Gasteiger partial charge on any atom is 0.297 e. The highest BCUT2D eigenvalue weighted by atomic mass is 16.5. The van der Waals surface area contributed by atoms with Gasteiger partial charge in [-0.3, -0.25) is 0 Å². The second kappa shape index (κ2) is 5.72. The van der Waals surface area contributed by atoms with Crippen molar-refractivity contribution in [3.63, 3.8) is 0 Å². The third kappa shape index (κ3) is 3.21. The molecular weight excluding hydrogens is 196 g/mol. The Morgan fingerprint density at radius 2 is 2.33 bits per heavy atom. The third-order valence-electron chi connectivity index (χ3n) is 2.11. The smallest absolute Gasteiger partial charge is 0.297 e. The minimum Gasteiger partial charge on any atom is -0.432 e. The van der Waals surface area contributed by atoms with E-state index in [4.69, 9.17) is 14.3 Å². The number of anilines is 1. The number of aromatic nitrogens is 1. The minimum absolute atomic E-state index is 0.0975. The summed E-state index contributed by atoms with van der Waals surface area (Å²) in [6.45, 7) is 5.35. The van der Waals surface area contributed by atoms with Gasteiger partial charge in [0, 0.05) is 19.7 Å². The van der Waals surface area contributed by atoms with Gasteiger partial charge in [0.2, 0.25) is 0 Å². The molecule has 0 aliphatic rings. The van der Waals surface area contributed by atoms with Crippen LogP contribution in [0.25, 0.3) is 0 Å². The molecule has 0 fully saturated rings. The van der Waals surface area contributed by atoms with Crippen LogP contribution in [0.3, 0.4) is 0 Å². The Kier molecular flexibility index (Phi) is 4.58. The zero-order valence-corrected chi connectivity index (χ0v) is 9.43. The van der Waals surface area contributed by atoms with E-state index >= 15 is 0 Å². The van der Waals surface area contributed by atoms with Crippen molar-refractivity contribution in [1.29, 1.82) is 0 Å². The van der Waals surface area contributed by atoms with Gasteiger partial charge in [0.1, 0.15) is 12.0 Å². The Morgan fingerprint density at radius 1 is 1.60 bits per heavy atom. The number of aliphatic hydroxyl groups is 1. The first-order valence-electron chi connectivity index (χ1n) is 5.00. The van der Waals surface area contributed by atoms with Gasteiger partial charge in [-0.15, -0.1) is 0 Å². The number of hydrogen-bond donors (Lipinski definition) is 1. The Bertz CT molecular complexity index is 286. The molecule has 0 spiro atoms. The van der Waals surface area contributed by atoms with Crippen molar-refractivity contribution < 1.29 is 14.3 Å². The van der Waals surface area contributed by atoms with Crippen LogP contribution in [-0.2, 0) is 11.3 Å². The van der Waals surface area contributed by atoms with Gasteiger partial charge in [-0.05, 0) is 13.8 Å². The first kappa shape index (κ1) is 12.0. The average Bonchev–Trinajstić information content (AvgIpc) is 2.66. The van der Waals surface area contributed by atoms with Crippen LogP contribution < -0.4 is 4.90 Å². The summed E-state index contributed by atoms with van der Waals surface area (Å²) in [6, 6.07) is 0.816. The average molecular weight is 214 g/mol. The number of oxazole rings is 1. The fourth-order valence-electron chi connectivity index (χ4n) is 1.27. The van der Waals surface area contributed by atoms with Crippen LogP contribution in [-0.4, -0.2) is 36.4 Å². The molecule has 15 heavy (non-hydrogen) atoms. The lowest BCUT2D eigenvalue weighted by atomic mass is 10.3. The number of hydrogen-bond acceptors (Lipinski definition) is 5. The van der Waals surface area contributed by atoms with E-state index in [-0.39, 0.29) is 12.6 Å². The van der Waals surface area contributed by atoms with Crippen LogP contribution in [0.1, 0.15) is 19.5 Å². The summed E-state index contributed by atoms with van der Waals surface area (Å²) in [7, 11) is 1.66. The maximum absolute atomic E-state index is 8.88. The van der Waals surface area contributed by atoms with Crippen molar-refractivity contribution in [2.24, 2.45) is 0 Å². The molecule has 0 atom stereocenters. The largest absolute Gasteiger partial charge is 0.432 e. The lowest BCUT2D eigenvalue weighted by Crippen LogP contribution is -2.34. The van der Waals surface area contributed by atoms with E-state index in [1.54, 1.807) is 7.11 Å². The maximum atomic E-state index is 8.88. The lowest BCUT2D eigenvalue weighted by Gasteiger charge is -2.24. The van der Waals surface area contributed by atoms with E-state index in [1.807, 2.05) is 4.90 Å². The van der Waals surface area contributed by atoms with E-state index in [2.05, 4.69) is 18.8 Å². The predicted molar refractivity (Wildman–Crippen MR) is 56.8 cm³/mol. The molecule has 0 saturated heterocycles. The molecule has 5 nitrogen and oxygen atoms in total. The second-order valence-corrected chi connectivity index (χ2v) is 3.56. The molecule has 1 N–H and O–H groups in total. The highest BCUT2D eigenvalue weighted by Crippen LogP contribution is 2.16. The third-order valence-corrected chi connectivity index (χ3v) is 2.11. The zero-order valence-electron chi connectivity index (χ0n) is 9.43. The standard InChI is InChI=1S/C10H18N2O3/c1-8(2)12(4-5-14-3)10-11-9(6-13)7-15-10/h7-8,13H,4-6H2,1-3H3. The van der Waals surface area contributed by atoms with E-state index in [1.165, 1.54) is 6.26 Å². The normalized spacial score (nSPS) is 11.0. The van der Waals surface area contributed by atoms with Crippen molar-refractivity contribution >= 4 is 6.01 Å². The van der Waals surface area contributed by atoms with Gasteiger partial charge in [-0.25, -0.2) is 0 Å². The van der Waals surface area contributed by atoms with E-state index in [0.29, 0.717) is 18.3 Å². The van der Waals surface area contributed by atoms with Crippen molar-refractivity contribution in [3.8, 4) is 0 Å². The number of rotatable bonds is 6. The molecular formula is C10H18N2O3. The quantitative estimate of drug-likeness (QED) is 0.766. The van der Waals surface area contributed by atoms with E-state index in [9.17, 15) is 0 Å². The van der Waals surface area contributed by atoms with Gasteiger partial charge >= 0.3 is 0 Å². The highest BCUT2D eigenvalue weighted by molar-refractivity contribution is 5.28. The zero-order chi connectivity index (χ0) is 11.3. The molecule has 0 unspecified atom stereocenters. The van der Waals surface area contributed by atoms with Crippen molar-refractivity contribution in [3.05, 3.63) is 12.0 Å². The van der Waals surface area contributed by atoms with Crippen LogP contribution in [0, 0.1) is 0 Å². The molecule has 0 aliphatic heterocycles. The number of methoxy groups -OCH3 is 1. The summed E-state index contributed by atoms with van der Waals surface area (Å²) >= 11 is 0. The minimum atomic E-state index is -0.0975. The molecule has 0 aliphatic carbocycles. The van der Waals surface area contributed by atoms with Crippen LogP contribution in [0.2, 0.25) is 0 Å². The molecule has 1 rings (SSSR count). The first-order chi connectivity index (χ1) is 7.19. The van der Waals surface area contributed by atoms with Gasteiger partial charge in [0.15, 0.2) is 0 Å². The fraction of sp³-hybridized carbons (Fsp3) is 0.700. The number of ether oxygens (including phenoxy) is 1. The molecule has 0 radical (unpaired) electrons. The summed E-state index contributed by atoms with van der Waals surface area (Å²) in [5.74, 6) is 0. The molecule has 5 heteroatoms. The summed E-state index contributed by atoms with van der Waals surface area (Å²) in [6.07, 6.45) is 1.47. The van der Waals surface area contributed by atoms with Gasteiger partial charge < -0.3 is 19.2 Å². The monoisotopic (exact) mass is 214 g/mol. The summed E-state index contributed by atoms with van der Waals surface area (Å²) < 4.78 is 10.3. The van der Waals surface area contributed by atoms with E-state index < -0.39 is 0 Å². The Morgan fingerprint density at radius 3 is 2.80 bits per heavy atom. The van der Waals surface area contributed by atoms with Gasteiger partial charge in [0.05, 0.1) is 13.2 Å².